The molecule has 0 aliphatic carbocycles. The summed E-state index contributed by atoms with van der Waals surface area (Å²) in [6, 6.07) is 8.32. The number of fused-ring (bicyclic) bond motifs is 3. The molecular weight excluding hydrogens is 306 g/mol. The number of hydrogen-bond donors (Lipinski definition) is 1. The van der Waals surface area contributed by atoms with Crippen molar-refractivity contribution in [3.05, 3.63) is 35.4 Å². The van der Waals surface area contributed by atoms with E-state index in [1.807, 2.05) is 6.07 Å². The molecule has 0 saturated carbocycles. The van der Waals surface area contributed by atoms with Crippen molar-refractivity contribution in [2.45, 2.75) is 50.8 Å². The van der Waals surface area contributed by atoms with Crippen LogP contribution < -0.4 is 4.90 Å². The molecule has 2 aromatic rings. The molecule has 0 amide bonds. The zero-order valence-corrected chi connectivity index (χ0v) is 15.4. The summed E-state index contributed by atoms with van der Waals surface area (Å²) < 4.78 is 0. The molecule has 3 rings (SSSR count). The van der Waals surface area contributed by atoms with Gasteiger partial charge in [0.15, 0.2) is 0 Å². The van der Waals surface area contributed by atoms with Crippen LogP contribution in [0.4, 0.5) is 5.69 Å². The Hall–Kier alpha value is -1.41. The predicted octanol–water partition coefficient (Wildman–Crippen LogP) is 5.39. The van der Waals surface area contributed by atoms with Crippen molar-refractivity contribution in [3.63, 3.8) is 0 Å². The zero-order valence-electron chi connectivity index (χ0n) is 14.7. The average Bonchev–Trinajstić information content (AvgIpc) is 2.82. The molecule has 1 N–H and O–H groups in total. The summed E-state index contributed by atoms with van der Waals surface area (Å²) in [6.45, 7) is 9.71. The summed E-state index contributed by atoms with van der Waals surface area (Å²) in [5.74, 6) is 0.661. The molecule has 3 heteroatoms. The molecule has 2 aromatic carbocycles. The summed E-state index contributed by atoms with van der Waals surface area (Å²) in [4.78, 5) is 2.22. The first-order valence-corrected chi connectivity index (χ1v) is 8.83. The summed E-state index contributed by atoms with van der Waals surface area (Å²) in [7, 11) is 2.08. The van der Waals surface area contributed by atoms with Crippen molar-refractivity contribution in [3.8, 4) is 5.75 Å². The fourth-order valence-electron chi connectivity index (χ4n) is 3.65. The second kappa shape index (κ2) is 5.59. The van der Waals surface area contributed by atoms with E-state index in [1.165, 1.54) is 11.1 Å². The predicted molar refractivity (Wildman–Crippen MR) is 100 cm³/mol. The highest BCUT2D eigenvalue weighted by atomic mass is 35.5. The number of anilines is 1. The lowest BCUT2D eigenvalue weighted by molar-refractivity contribution is 0.481. The summed E-state index contributed by atoms with van der Waals surface area (Å²) in [5.41, 5.74) is 3.78. The Kier molecular flexibility index (Phi) is 4.00. The van der Waals surface area contributed by atoms with Gasteiger partial charge in [0.2, 0.25) is 0 Å². The first kappa shape index (κ1) is 16.4. The molecule has 1 heterocycles. The van der Waals surface area contributed by atoms with Gasteiger partial charge in [-0.1, -0.05) is 45.9 Å². The van der Waals surface area contributed by atoms with Crippen molar-refractivity contribution >= 4 is 28.1 Å². The van der Waals surface area contributed by atoms with E-state index in [0.717, 1.165) is 29.4 Å². The molecular formula is C20H26ClNO. The van der Waals surface area contributed by atoms with E-state index in [0.29, 0.717) is 11.7 Å². The van der Waals surface area contributed by atoms with Crippen molar-refractivity contribution in [1.82, 2.24) is 0 Å². The number of phenols is 1. The number of aromatic hydroxyl groups is 1. The largest absolute Gasteiger partial charge is 0.507 e. The first-order chi connectivity index (χ1) is 10.7. The summed E-state index contributed by atoms with van der Waals surface area (Å²) >= 11 is 6.65. The van der Waals surface area contributed by atoms with Crippen molar-refractivity contribution in [2.24, 2.45) is 0 Å². The van der Waals surface area contributed by atoms with Crippen molar-refractivity contribution in [1.29, 1.82) is 0 Å². The quantitative estimate of drug-likeness (QED) is 0.745. The number of rotatable bonds is 2. The number of nitrogens with zero attached hydrogens (tertiary/aromatic N) is 1. The molecule has 0 radical (unpaired) electrons. The van der Waals surface area contributed by atoms with Gasteiger partial charge in [-0.15, -0.1) is 11.6 Å². The van der Waals surface area contributed by atoms with Crippen LogP contribution in [0.1, 0.15) is 51.2 Å². The third-order valence-corrected chi connectivity index (χ3v) is 5.69. The Bertz CT molecular complexity index is 747. The first-order valence-electron chi connectivity index (χ1n) is 8.39. The third-order valence-electron chi connectivity index (χ3n) is 5.08. The van der Waals surface area contributed by atoms with Gasteiger partial charge in [0.25, 0.3) is 0 Å². The molecule has 1 aliphatic heterocycles. The maximum Gasteiger partial charge on any atom is 0.125 e. The minimum absolute atomic E-state index is 0.0810. The van der Waals surface area contributed by atoms with E-state index in [1.54, 1.807) is 0 Å². The number of phenolic OH excluding ortho intramolecular Hbond substituents is 1. The molecule has 23 heavy (non-hydrogen) atoms. The molecule has 0 aromatic heterocycles. The monoisotopic (exact) mass is 331 g/mol. The minimum Gasteiger partial charge on any atom is -0.507 e. The number of alkyl halides is 1. The van der Waals surface area contributed by atoms with Crippen LogP contribution in [0.15, 0.2) is 24.3 Å². The summed E-state index contributed by atoms with van der Waals surface area (Å²) in [6.07, 6.45) is 0.945. The zero-order chi connectivity index (χ0) is 16.9. The maximum absolute atomic E-state index is 10.5. The molecule has 0 spiro atoms. The molecule has 2 atom stereocenters. The standard InChI is InChI=1S/C20H26ClNO/c1-6-16(21)15-11-22(5)17-10-18(23)13-8-7-12(20(2,3)4)9-14(13)19(15)17/h7-10,15-16,23H,6,11H2,1-5H3/t15-,16+/m0/s1. The van der Waals surface area contributed by atoms with Crippen LogP contribution in [0.2, 0.25) is 0 Å². The Morgan fingerprint density at radius 3 is 2.57 bits per heavy atom. The van der Waals surface area contributed by atoms with Crippen LogP contribution in [0.3, 0.4) is 0 Å². The van der Waals surface area contributed by atoms with Gasteiger partial charge in [-0.25, -0.2) is 0 Å². The molecule has 1 aliphatic rings. The van der Waals surface area contributed by atoms with E-state index < -0.39 is 0 Å². The Balaban J connectivity index is 2.31. The molecule has 0 bridgehead atoms. The van der Waals surface area contributed by atoms with E-state index in [-0.39, 0.29) is 10.8 Å². The summed E-state index contributed by atoms with van der Waals surface area (Å²) in [5, 5.41) is 12.7. The van der Waals surface area contributed by atoms with Crippen LogP contribution in [-0.2, 0) is 5.41 Å². The lowest BCUT2D eigenvalue weighted by Gasteiger charge is -2.22. The number of likely N-dealkylation sites (N-methyl/N-ethyl adjacent to an activating group) is 1. The maximum atomic E-state index is 10.5. The number of benzene rings is 2. The van der Waals surface area contributed by atoms with Crippen molar-refractivity contribution in [2.75, 3.05) is 18.5 Å². The molecule has 124 valence electrons. The average molecular weight is 332 g/mol. The molecule has 0 saturated heterocycles. The SMILES string of the molecule is CC[C@@H](Cl)[C@@H]1CN(C)c2cc(O)c3ccc(C(C)(C)C)cc3c21. The van der Waals surface area contributed by atoms with Crippen LogP contribution in [0.5, 0.6) is 5.75 Å². The van der Waals surface area contributed by atoms with Crippen LogP contribution in [-0.4, -0.2) is 24.1 Å². The second-order valence-corrected chi connectivity index (χ2v) is 8.31. The van der Waals surface area contributed by atoms with Gasteiger partial charge in [0.05, 0.1) is 0 Å². The smallest absolute Gasteiger partial charge is 0.125 e. The van der Waals surface area contributed by atoms with Gasteiger partial charge in [-0.3, -0.25) is 0 Å². The van der Waals surface area contributed by atoms with Gasteiger partial charge >= 0.3 is 0 Å². The van der Waals surface area contributed by atoms with Crippen LogP contribution in [0, 0.1) is 0 Å². The second-order valence-electron chi connectivity index (χ2n) is 7.75. The van der Waals surface area contributed by atoms with Gasteiger partial charge in [-0.2, -0.15) is 0 Å². The lowest BCUT2D eigenvalue weighted by atomic mass is 9.83. The molecule has 2 nitrogen and oxygen atoms in total. The van der Waals surface area contributed by atoms with Crippen LogP contribution in [0.25, 0.3) is 10.8 Å². The Morgan fingerprint density at radius 1 is 1.26 bits per heavy atom. The lowest BCUT2D eigenvalue weighted by Crippen LogP contribution is -2.20. The normalized spacial score (nSPS) is 19.2. The number of halogens is 1. The van der Waals surface area contributed by atoms with Gasteiger partial charge in [0.1, 0.15) is 5.75 Å². The Labute approximate surface area is 144 Å². The highest BCUT2D eigenvalue weighted by Gasteiger charge is 2.34. The van der Waals surface area contributed by atoms with E-state index in [2.05, 4.69) is 57.8 Å². The topological polar surface area (TPSA) is 23.5 Å². The fourth-order valence-corrected chi connectivity index (χ4v) is 3.86. The number of hydrogen-bond acceptors (Lipinski definition) is 2. The van der Waals surface area contributed by atoms with Gasteiger partial charge in [0, 0.05) is 42.0 Å². The van der Waals surface area contributed by atoms with Gasteiger partial charge < -0.3 is 10.0 Å². The van der Waals surface area contributed by atoms with E-state index in [9.17, 15) is 5.11 Å². The van der Waals surface area contributed by atoms with E-state index >= 15 is 0 Å². The van der Waals surface area contributed by atoms with E-state index in [4.69, 9.17) is 11.6 Å². The minimum atomic E-state index is 0.0810. The molecule has 0 unspecified atom stereocenters. The van der Waals surface area contributed by atoms with Crippen molar-refractivity contribution < 1.29 is 5.11 Å². The van der Waals surface area contributed by atoms with Crippen LogP contribution >= 0.6 is 11.6 Å². The fraction of sp³-hybridized carbons (Fsp3) is 0.500. The third kappa shape index (κ3) is 2.67. The highest BCUT2D eigenvalue weighted by Crippen LogP contribution is 2.47. The Morgan fingerprint density at radius 2 is 1.96 bits per heavy atom. The molecule has 0 fully saturated rings. The van der Waals surface area contributed by atoms with Gasteiger partial charge in [-0.05, 0) is 28.3 Å². The highest BCUT2D eigenvalue weighted by molar-refractivity contribution is 6.21.